The van der Waals surface area contributed by atoms with Crippen LogP contribution in [0.5, 0.6) is 5.75 Å². The van der Waals surface area contributed by atoms with Crippen LogP contribution in [-0.4, -0.2) is 17.5 Å². The zero-order valence-electron chi connectivity index (χ0n) is 10.1. The molecule has 0 aliphatic rings. The molecule has 1 aromatic heterocycles. The van der Waals surface area contributed by atoms with Crippen LogP contribution in [0.15, 0.2) is 48.8 Å². The fourth-order valence-corrected chi connectivity index (χ4v) is 1.57. The van der Waals surface area contributed by atoms with E-state index in [9.17, 15) is 4.79 Å². The minimum Gasteiger partial charge on any atom is -0.493 e. The number of hydrogen-bond acceptors (Lipinski definition) is 3. The van der Waals surface area contributed by atoms with Gasteiger partial charge in [0.25, 0.3) is 5.91 Å². The number of nitrogens with zero attached hydrogens (tertiary/aromatic N) is 1. The number of pyridine rings is 1. The quantitative estimate of drug-likeness (QED) is 0.896. The van der Waals surface area contributed by atoms with Crippen LogP contribution in [0.4, 0.5) is 5.69 Å². The Labute approximate surface area is 106 Å². The summed E-state index contributed by atoms with van der Waals surface area (Å²) in [6.07, 6.45) is 3.26. The largest absolute Gasteiger partial charge is 0.493 e. The predicted octanol–water partition coefficient (Wildman–Crippen LogP) is 2.73. The van der Waals surface area contributed by atoms with Gasteiger partial charge >= 0.3 is 0 Å². The summed E-state index contributed by atoms with van der Waals surface area (Å²) in [5.41, 5.74) is 1.23. The number of anilines is 1. The van der Waals surface area contributed by atoms with E-state index >= 15 is 0 Å². The van der Waals surface area contributed by atoms with Gasteiger partial charge in [-0.1, -0.05) is 12.1 Å². The molecule has 0 radical (unpaired) electrons. The minimum atomic E-state index is -0.190. The molecule has 1 amide bonds. The molecule has 2 aromatic rings. The Morgan fingerprint density at radius 3 is 2.67 bits per heavy atom. The Kier molecular flexibility index (Phi) is 3.91. The number of carbonyl (C=O) groups is 1. The van der Waals surface area contributed by atoms with Crippen molar-refractivity contribution in [3.05, 3.63) is 54.4 Å². The number of para-hydroxylation sites is 1. The third kappa shape index (κ3) is 2.85. The van der Waals surface area contributed by atoms with Gasteiger partial charge in [0, 0.05) is 18.1 Å². The molecular formula is C14H14N2O2. The Bertz CT molecular complexity index is 526. The highest BCUT2D eigenvalue weighted by atomic mass is 16.5. The lowest BCUT2D eigenvalue weighted by Gasteiger charge is -2.10. The number of ether oxygens (including phenoxy) is 1. The highest BCUT2D eigenvalue weighted by molar-refractivity contribution is 6.06. The normalized spacial score (nSPS) is 9.83. The van der Waals surface area contributed by atoms with E-state index in [0.717, 1.165) is 0 Å². The highest BCUT2D eigenvalue weighted by Gasteiger charge is 2.11. The molecule has 0 aliphatic carbocycles. The SMILES string of the molecule is CCOc1ccccc1C(=O)Nc1ccncc1. The van der Waals surface area contributed by atoms with E-state index < -0.39 is 0 Å². The van der Waals surface area contributed by atoms with Crippen LogP contribution in [0, 0.1) is 0 Å². The summed E-state index contributed by atoms with van der Waals surface area (Å²) in [7, 11) is 0. The molecule has 2 rings (SSSR count). The van der Waals surface area contributed by atoms with Gasteiger partial charge in [-0.3, -0.25) is 9.78 Å². The molecule has 0 saturated heterocycles. The third-order valence-corrected chi connectivity index (χ3v) is 2.37. The summed E-state index contributed by atoms with van der Waals surface area (Å²) >= 11 is 0. The van der Waals surface area contributed by atoms with Crippen LogP contribution in [0.25, 0.3) is 0 Å². The van der Waals surface area contributed by atoms with Crippen molar-refractivity contribution >= 4 is 11.6 Å². The van der Waals surface area contributed by atoms with Crippen molar-refractivity contribution in [1.29, 1.82) is 0 Å². The standard InChI is InChI=1S/C14H14N2O2/c1-2-18-13-6-4-3-5-12(13)14(17)16-11-7-9-15-10-8-11/h3-10H,2H2,1H3,(H,15,16,17). The first-order chi connectivity index (χ1) is 8.81. The number of nitrogens with one attached hydrogen (secondary N) is 1. The summed E-state index contributed by atoms with van der Waals surface area (Å²) in [6.45, 7) is 2.41. The molecule has 0 unspecified atom stereocenters. The smallest absolute Gasteiger partial charge is 0.259 e. The molecule has 4 nitrogen and oxygen atoms in total. The van der Waals surface area contributed by atoms with Gasteiger partial charge in [-0.25, -0.2) is 0 Å². The van der Waals surface area contributed by atoms with Crippen LogP contribution in [0.1, 0.15) is 17.3 Å². The fraction of sp³-hybridized carbons (Fsp3) is 0.143. The molecule has 0 aliphatic heterocycles. The maximum absolute atomic E-state index is 12.1. The second-order valence-electron chi connectivity index (χ2n) is 3.62. The molecule has 4 heteroatoms. The van der Waals surface area contributed by atoms with Crippen molar-refractivity contribution in [2.24, 2.45) is 0 Å². The van der Waals surface area contributed by atoms with Crippen LogP contribution < -0.4 is 10.1 Å². The van der Waals surface area contributed by atoms with E-state index in [1.165, 1.54) is 0 Å². The lowest BCUT2D eigenvalue weighted by molar-refractivity contribution is 0.102. The molecule has 1 heterocycles. The molecule has 0 saturated carbocycles. The van der Waals surface area contributed by atoms with Crippen LogP contribution in [0.2, 0.25) is 0 Å². The Hall–Kier alpha value is -2.36. The van der Waals surface area contributed by atoms with E-state index in [-0.39, 0.29) is 5.91 Å². The first-order valence-corrected chi connectivity index (χ1v) is 5.74. The van der Waals surface area contributed by atoms with Gasteiger partial charge in [-0.15, -0.1) is 0 Å². The molecule has 0 atom stereocenters. The molecule has 0 spiro atoms. The second kappa shape index (κ2) is 5.82. The number of benzene rings is 1. The van der Waals surface area contributed by atoms with E-state index in [4.69, 9.17) is 4.74 Å². The number of carbonyl (C=O) groups excluding carboxylic acids is 1. The van der Waals surface area contributed by atoms with Gasteiger partial charge in [0.2, 0.25) is 0 Å². The summed E-state index contributed by atoms with van der Waals surface area (Å²) in [4.78, 5) is 16.0. The third-order valence-electron chi connectivity index (χ3n) is 2.37. The maximum atomic E-state index is 12.1. The topological polar surface area (TPSA) is 51.2 Å². The fourth-order valence-electron chi connectivity index (χ4n) is 1.57. The average Bonchev–Trinajstić information content (AvgIpc) is 2.41. The highest BCUT2D eigenvalue weighted by Crippen LogP contribution is 2.19. The monoisotopic (exact) mass is 242 g/mol. The van der Waals surface area contributed by atoms with E-state index in [2.05, 4.69) is 10.3 Å². The number of rotatable bonds is 4. The van der Waals surface area contributed by atoms with Crippen LogP contribution in [-0.2, 0) is 0 Å². The Balaban J connectivity index is 2.19. The van der Waals surface area contributed by atoms with Crippen molar-refractivity contribution in [2.45, 2.75) is 6.92 Å². The van der Waals surface area contributed by atoms with Gasteiger partial charge < -0.3 is 10.1 Å². The van der Waals surface area contributed by atoms with Crippen molar-refractivity contribution in [3.8, 4) is 5.75 Å². The predicted molar refractivity (Wildman–Crippen MR) is 69.8 cm³/mol. The average molecular weight is 242 g/mol. The molecule has 1 aromatic carbocycles. The van der Waals surface area contributed by atoms with E-state index in [1.807, 2.05) is 19.1 Å². The lowest BCUT2D eigenvalue weighted by atomic mass is 10.2. The first kappa shape index (κ1) is 12.1. The Morgan fingerprint density at radius 2 is 1.94 bits per heavy atom. The van der Waals surface area contributed by atoms with E-state index in [1.54, 1.807) is 36.7 Å². The molecular weight excluding hydrogens is 228 g/mol. The first-order valence-electron chi connectivity index (χ1n) is 5.74. The summed E-state index contributed by atoms with van der Waals surface area (Å²) in [5.74, 6) is 0.400. The number of hydrogen-bond donors (Lipinski definition) is 1. The summed E-state index contributed by atoms with van der Waals surface area (Å²) in [5, 5.41) is 2.80. The van der Waals surface area contributed by atoms with Gasteiger partial charge in [-0.05, 0) is 31.2 Å². The van der Waals surface area contributed by atoms with Crippen LogP contribution >= 0.6 is 0 Å². The van der Waals surface area contributed by atoms with E-state index in [0.29, 0.717) is 23.6 Å². The number of aromatic nitrogens is 1. The van der Waals surface area contributed by atoms with Gasteiger partial charge in [0.1, 0.15) is 5.75 Å². The molecule has 18 heavy (non-hydrogen) atoms. The van der Waals surface area contributed by atoms with Crippen molar-refractivity contribution < 1.29 is 9.53 Å². The Morgan fingerprint density at radius 1 is 1.22 bits per heavy atom. The molecule has 0 bridgehead atoms. The van der Waals surface area contributed by atoms with Crippen molar-refractivity contribution in [3.63, 3.8) is 0 Å². The summed E-state index contributed by atoms with van der Waals surface area (Å²) < 4.78 is 5.42. The van der Waals surface area contributed by atoms with Crippen molar-refractivity contribution in [2.75, 3.05) is 11.9 Å². The zero-order chi connectivity index (χ0) is 12.8. The second-order valence-corrected chi connectivity index (χ2v) is 3.62. The zero-order valence-corrected chi connectivity index (χ0v) is 10.1. The maximum Gasteiger partial charge on any atom is 0.259 e. The van der Waals surface area contributed by atoms with Gasteiger partial charge in [0.15, 0.2) is 0 Å². The number of amides is 1. The van der Waals surface area contributed by atoms with Gasteiger partial charge in [-0.2, -0.15) is 0 Å². The minimum absolute atomic E-state index is 0.190. The summed E-state index contributed by atoms with van der Waals surface area (Å²) in [6, 6.07) is 10.6. The van der Waals surface area contributed by atoms with Gasteiger partial charge in [0.05, 0.1) is 12.2 Å². The molecule has 0 fully saturated rings. The molecule has 92 valence electrons. The molecule has 1 N–H and O–H groups in total. The lowest BCUT2D eigenvalue weighted by Crippen LogP contribution is -2.13. The van der Waals surface area contributed by atoms with Crippen LogP contribution in [0.3, 0.4) is 0 Å². The van der Waals surface area contributed by atoms with Crippen molar-refractivity contribution in [1.82, 2.24) is 4.98 Å².